The second-order valence-electron chi connectivity index (χ2n) is 6.20. The third kappa shape index (κ3) is 3.75. The molecule has 0 spiro atoms. The van der Waals surface area contributed by atoms with Gasteiger partial charge in [0.1, 0.15) is 16.0 Å². The van der Waals surface area contributed by atoms with Crippen molar-refractivity contribution in [3.63, 3.8) is 0 Å². The van der Waals surface area contributed by atoms with Gasteiger partial charge in [0.05, 0.1) is 11.1 Å². The fourth-order valence-corrected chi connectivity index (χ4v) is 5.01. The molecule has 134 valence electrons. The van der Waals surface area contributed by atoms with Crippen molar-refractivity contribution < 1.29 is 17.9 Å². The van der Waals surface area contributed by atoms with Gasteiger partial charge in [-0.25, -0.2) is 18.1 Å². The lowest BCUT2D eigenvalue weighted by Crippen LogP contribution is -2.30. The largest absolute Gasteiger partial charge is 0.371 e. The van der Waals surface area contributed by atoms with Gasteiger partial charge >= 0.3 is 0 Å². The summed E-state index contributed by atoms with van der Waals surface area (Å²) in [5.41, 5.74) is 2.47. The zero-order valence-electron chi connectivity index (χ0n) is 14.3. The monoisotopic (exact) mass is 380 g/mol. The number of aromatic nitrogens is 1. The summed E-state index contributed by atoms with van der Waals surface area (Å²) in [6.07, 6.45) is 3.14. The van der Waals surface area contributed by atoms with Gasteiger partial charge in [-0.05, 0) is 56.4 Å². The van der Waals surface area contributed by atoms with E-state index in [-0.39, 0.29) is 15.9 Å². The summed E-state index contributed by atoms with van der Waals surface area (Å²) in [4.78, 5) is 16.9. The van der Waals surface area contributed by atoms with Crippen LogP contribution in [0.15, 0.2) is 23.2 Å². The number of carbonyl (C=O) groups excluding carboxylic acids is 1. The number of thiazole rings is 1. The van der Waals surface area contributed by atoms with Crippen LogP contribution in [0.5, 0.6) is 0 Å². The number of hydrogen-bond donors (Lipinski definition) is 1. The normalized spacial score (nSPS) is 17.6. The highest BCUT2D eigenvalue weighted by Crippen LogP contribution is 2.31. The quantitative estimate of drug-likeness (QED) is 0.881. The maximum Gasteiger partial charge on any atom is 0.276 e. The first kappa shape index (κ1) is 18.0. The predicted octanol–water partition coefficient (Wildman–Crippen LogP) is 3.04. The molecule has 0 saturated carbocycles. The van der Waals surface area contributed by atoms with E-state index in [1.165, 1.54) is 17.5 Å². The molecule has 1 aromatic heterocycles. The van der Waals surface area contributed by atoms with Crippen LogP contribution in [0.4, 0.5) is 0 Å². The SMILES string of the molecule is Cc1cc(C)c(S(=O)(=O)NC(=O)c2cnc(C3CCCO3)s2)cc1C. The van der Waals surface area contributed by atoms with Crippen LogP contribution >= 0.6 is 11.3 Å². The molecule has 0 radical (unpaired) electrons. The summed E-state index contributed by atoms with van der Waals surface area (Å²) in [6, 6.07) is 3.39. The minimum atomic E-state index is -3.94. The molecule has 1 atom stereocenters. The number of aryl methyl sites for hydroxylation is 3. The number of carbonyl (C=O) groups is 1. The molecule has 1 fully saturated rings. The first-order valence-electron chi connectivity index (χ1n) is 8.00. The van der Waals surface area contributed by atoms with Crippen molar-refractivity contribution in [3.05, 3.63) is 44.9 Å². The van der Waals surface area contributed by atoms with Gasteiger partial charge in [-0.3, -0.25) is 4.79 Å². The Hall–Kier alpha value is -1.77. The minimum Gasteiger partial charge on any atom is -0.371 e. The van der Waals surface area contributed by atoms with Crippen molar-refractivity contribution in [1.82, 2.24) is 9.71 Å². The first-order chi connectivity index (χ1) is 11.8. The van der Waals surface area contributed by atoms with Crippen molar-refractivity contribution in [3.8, 4) is 0 Å². The predicted molar refractivity (Wildman–Crippen MR) is 95.3 cm³/mol. The molecule has 8 heteroatoms. The van der Waals surface area contributed by atoms with Crippen molar-refractivity contribution in [1.29, 1.82) is 0 Å². The van der Waals surface area contributed by atoms with E-state index in [9.17, 15) is 13.2 Å². The van der Waals surface area contributed by atoms with E-state index in [2.05, 4.69) is 9.71 Å². The number of ether oxygens (including phenoxy) is 1. The number of sulfonamides is 1. The summed E-state index contributed by atoms with van der Waals surface area (Å²) >= 11 is 1.17. The summed E-state index contributed by atoms with van der Waals surface area (Å²) in [7, 11) is -3.94. The van der Waals surface area contributed by atoms with Gasteiger partial charge in [0.15, 0.2) is 0 Å². The number of hydrogen-bond acceptors (Lipinski definition) is 6. The molecule has 1 N–H and O–H groups in total. The van der Waals surface area contributed by atoms with Crippen LogP contribution in [0.2, 0.25) is 0 Å². The highest BCUT2D eigenvalue weighted by molar-refractivity contribution is 7.90. The van der Waals surface area contributed by atoms with Crippen LogP contribution in [0.3, 0.4) is 0 Å². The van der Waals surface area contributed by atoms with Gasteiger partial charge in [-0.1, -0.05) is 6.07 Å². The molecular weight excluding hydrogens is 360 g/mol. The Morgan fingerprint density at radius 3 is 2.64 bits per heavy atom. The highest BCUT2D eigenvalue weighted by atomic mass is 32.2. The maximum atomic E-state index is 12.6. The lowest BCUT2D eigenvalue weighted by atomic mass is 10.1. The van der Waals surface area contributed by atoms with Crippen LogP contribution in [0, 0.1) is 20.8 Å². The fourth-order valence-electron chi connectivity index (χ4n) is 2.76. The molecular formula is C17H20N2O4S2. The molecule has 2 aromatic rings. The van der Waals surface area contributed by atoms with Gasteiger partial charge in [0.25, 0.3) is 15.9 Å². The Balaban J connectivity index is 1.81. The second-order valence-corrected chi connectivity index (χ2v) is 8.91. The summed E-state index contributed by atoms with van der Waals surface area (Å²) in [6.45, 7) is 6.16. The van der Waals surface area contributed by atoms with Gasteiger partial charge in [0, 0.05) is 6.61 Å². The van der Waals surface area contributed by atoms with Crippen LogP contribution in [0.1, 0.15) is 50.3 Å². The van der Waals surface area contributed by atoms with Crippen molar-refractivity contribution in [2.24, 2.45) is 0 Å². The highest BCUT2D eigenvalue weighted by Gasteiger charge is 2.25. The number of amides is 1. The topological polar surface area (TPSA) is 85.4 Å². The number of nitrogens with one attached hydrogen (secondary N) is 1. The lowest BCUT2D eigenvalue weighted by Gasteiger charge is -2.11. The van der Waals surface area contributed by atoms with Crippen LogP contribution in [-0.4, -0.2) is 25.9 Å². The number of rotatable bonds is 4. The Bertz CT molecular complexity index is 913. The van der Waals surface area contributed by atoms with Crippen molar-refractivity contribution in [2.45, 2.75) is 44.6 Å². The van der Waals surface area contributed by atoms with E-state index < -0.39 is 15.9 Å². The molecule has 1 aliphatic rings. The Kier molecular flexibility index (Phi) is 4.95. The second kappa shape index (κ2) is 6.86. The molecule has 1 saturated heterocycles. The first-order valence-corrected chi connectivity index (χ1v) is 10.3. The average Bonchev–Trinajstić information content (AvgIpc) is 3.20. The lowest BCUT2D eigenvalue weighted by molar-refractivity contribution is 0.0985. The molecule has 0 aliphatic carbocycles. The summed E-state index contributed by atoms with van der Waals surface area (Å²) in [5.74, 6) is -0.667. The number of benzene rings is 1. The number of nitrogens with zero attached hydrogens (tertiary/aromatic N) is 1. The molecule has 3 rings (SSSR count). The third-order valence-electron chi connectivity index (χ3n) is 4.26. The molecule has 0 bridgehead atoms. The van der Waals surface area contributed by atoms with Crippen molar-refractivity contribution >= 4 is 27.3 Å². The fraction of sp³-hybridized carbons (Fsp3) is 0.412. The van der Waals surface area contributed by atoms with Crippen LogP contribution < -0.4 is 4.72 Å². The molecule has 1 aromatic carbocycles. The van der Waals surface area contributed by atoms with E-state index in [0.29, 0.717) is 17.2 Å². The molecule has 1 aliphatic heterocycles. The molecule has 25 heavy (non-hydrogen) atoms. The summed E-state index contributed by atoms with van der Waals surface area (Å²) < 4.78 is 32.9. The van der Waals surface area contributed by atoms with Gasteiger partial charge < -0.3 is 4.74 Å². The summed E-state index contributed by atoms with van der Waals surface area (Å²) in [5, 5.41) is 0.711. The molecule has 1 unspecified atom stereocenters. The smallest absolute Gasteiger partial charge is 0.276 e. The van der Waals surface area contributed by atoms with E-state index in [4.69, 9.17) is 4.74 Å². The zero-order chi connectivity index (χ0) is 18.2. The van der Waals surface area contributed by atoms with E-state index >= 15 is 0 Å². The minimum absolute atomic E-state index is 0.0925. The maximum absolute atomic E-state index is 12.6. The Morgan fingerprint density at radius 1 is 1.24 bits per heavy atom. The van der Waals surface area contributed by atoms with Crippen LogP contribution in [0.25, 0.3) is 0 Å². The average molecular weight is 380 g/mol. The standard InChI is InChI=1S/C17H20N2O4S2/c1-10-7-12(3)15(8-11(10)2)25(21,22)19-16(20)14-9-18-17(24-14)13-5-4-6-23-13/h7-9,13H,4-6H2,1-3H3,(H,19,20). The Labute approximate surface area is 151 Å². The zero-order valence-corrected chi connectivity index (χ0v) is 16.0. The third-order valence-corrected chi connectivity index (χ3v) is 6.82. The van der Waals surface area contributed by atoms with Crippen molar-refractivity contribution in [2.75, 3.05) is 6.61 Å². The van der Waals surface area contributed by atoms with E-state index in [1.54, 1.807) is 19.1 Å². The van der Waals surface area contributed by atoms with Gasteiger partial charge in [-0.15, -0.1) is 11.3 Å². The van der Waals surface area contributed by atoms with Gasteiger partial charge in [-0.2, -0.15) is 0 Å². The van der Waals surface area contributed by atoms with E-state index in [0.717, 1.165) is 24.0 Å². The van der Waals surface area contributed by atoms with Crippen LogP contribution in [-0.2, 0) is 14.8 Å². The van der Waals surface area contributed by atoms with Gasteiger partial charge in [0.2, 0.25) is 0 Å². The molecule has 6 nitrogen and oxygen atoms in total. The molecule has 1 amide bonds. The van der Waals surface area contributed by atoms with E-state index in [1.807, 2.05) is 13.8 Å². The Morgan fingerprint density at radius 2 is 1.96 bits per heavy atom. The molecule has 2 heterocycles.